The first-order valence-electron chi connectivity index (χ1n) is 24.6. The van der Waals surface area contributed by atoms with Crippen molar-refractivity contribution < 1.29 is 39.6 Å². The molecule has 4 aromatic heterocycles. The normalized spacial score (nSPS) is 15.3. The zero-order chi connectivity index (χ0) is 50.8. The summed E-state index contributed by atoms with van der Waals surface area (Å²) >= 11 is 0. The van der Waals surface area contributed by atoms with Crippen LogP contribution in [0.4, 0.5) is 0 Å². The van der Waals surface area contributed by atoms with Crippen LogP contribution in [0.5, 0.6) is 0 Å². The van der Waals surface area contributed by atoms with Crippen LogP contribution in [0.2, 0.25) is 0 Å². The van der Waals surface area contributed by atoms with Gasteiger partial charge in [0, 0.05) is 66.6 Å². The van der Waals surface area contributed by atoms with Crippen LogP contribution in [-0.2, 0) is 36.4 Å². The molecule has 0 bridgehead atoms. The Morgan fingerprint density at radius 3 is 2.02 bits per heavy atom. The van der Waals surface area contributed by atoms with Gasteiger partial charge in [-0.2, -0.15) is 0 Å². The van der Waals surface area contributed by atoms with Gasteiger partial charge in [0.1, 0.15) is 17.2 Å². The van der Waals surface area contributed by atoms with E-state index in [9.17, 15) is 1.37 Å². The first-order chi connectivity index (χ1) is 31.8. The van der Waals surface area contributed by atoms with Crippen molar-refractivity contribution in [3.8, 4) is 45.0 Å². The van der Waals surface area contributed by atoms with E-state index in [1.807, 2.05) is 63.2 Å². The van der Waals surface area contributed by atoms with Gasteiger partial charge in [-0.05, 0) is 76.8 Å². The van der Waals surface area contributed by atoms with E-state index in [4.69, 9.17) is 33.1 Å². The number of benzene rings is 4. The van der Waals surface area contributed by atoms with Crippen LogP contribution in [0.3, 0.4) is 0 Å². The summed E-state index contributed by atoms with van der Waals surface area (Å²) in [4.78, 5) is 23.0. The molecule has 59 heavy (non-hydrogen) atoms. The van der Waals surface area contributed by atoms with Gasteiger partial charge in [0.2, 0.25) is 0 Å². The molecule has 8 aromatic rings. The van der Waals surface area contributed by atoms with Gasteiger partial charge in [-0.25, -0.2) is 15.0 Å². The molecule has 0 saturated heterocycles. The van der Waals surface area contributed by atoms with Gasteiger partial charge in [-0.15, -0.1) is 54.1 Å². The molecule has 4 aromatic carbocycles. The fourth-order valence-corrected chi connectivity index (χ4v) is 6.21. The van der Waals surface area contributed by atoms with E-state index in [0.717, 1.165) is 28.4 Å². The predicted octanol–water partition coefficient (Wildman–Crippen LogP) is 13.3. The SMILES string of the molecule is [2H]C([2H])([2H])c1ccc(-c2[c-]cccc2)nc1.[2H]c1cc(C(C)(C)C)cc(C([2H])([2H])[2H])c1-c1c(C([2H])([2H])[2H])cnc(-c2[c-]ccc3c2oc2cc(-c4nc(C(C)(C)C)nc(C(C)(C)C)n4)ccc23)c1[2H].[Ir]. The maximum Gasteiger partial charge on any atom is 0.163 e. The molecule has 0 spiro atoms. The first-order valence-corrected chi connectivity index (χ1v) is 19.1. The summed E-state index contributed by atoms with van der Waals surface area (Å²) in [5.41, 5.74) is 2.42. The summed E-state index contributed by atoms with van der Waals surface area (Å²) in [5, 5.41) is 1.49. The fraction of sp³-hybridized carbons (Fsp3) is 0.288. The molecule has 0 aliphatic heterocycles. The van der Waals surface area contributed by atoms with Crippen LogP contribution in [0.15, 0.2) is 108 Å². The molecule has 0 aliphatic carbocycles. The van der Waals surface area contributed by atoms with Crippen molar-refractivity contribution in [3.63, 3.8) is 0 Å². The van der Waals surface area contributed by atoms with E-state index in [0.29, 0.717) is 45.2 Å². The van der Waals surface area contributed by atoms with Gasteiger partial charge in [0.15, 0.2) is 5.82 Å². The number of hydrogen-bond acceptors (Lipinski definition) is 6. The molecular formula is C52H53IrN5O-2. The first kappa shape index (κ1) is 30.6. The van der Waals surface area contributed by atoms with Crippen LogP contribution < -0.4 is 0 Å². The van der Waals surface area contributed by atoms with Crippen LogP contribution in [0, 0.1) is 32.7 Å². The number of fused-ring (bicyclic) bond motifs is 3. The molecular weight excluding hydrogens is 903 g/mol. The van der Waals surface area contributed by atoms with Crippen molar-refractivity contribution in [1.82, 2.24) is 24.9 Å². The Bertz CT molecular complexity index is 3170. The average molecular weight is 967 g/mol. The van der Waals surface area contributed by atoms with Crippen molar-refractivity contribution in [2.24, 2.45) is 0 Å². The summed E-state index contributed by atoms with van der Waals surface area (Å²) in [6, 6.07) is 28.6. The average Bonchev–Trinajstić information content (AvgIpc) is 3.63. The molecule has 0 aliphatic rings. The van der Waals surface area contributed by atoms with Crippen molar-refractivity contribution in [2.75, 3.05) is 0 Å². The maximum absolute atomic E-state index is 9.45. The molecule has 0 N–H and O–H groups in total. The number of rotatable bonds is 4. The fourth-order valence-electron chi connectivity index (χ4n) is 6.21. The van der Waals surface area contributed by atoms with Gasteiger partial charge < -0.3 is 14.4 Å². The number of aryl methyl sites for hydroxylation is 3. The molecule has 0 atom stereocenters. The Labute approximate surface area is 378 Å². The molecule has 8 rings (SSSR count). The second-order valence-corrected chi connectivity index (χ2v) is 17.4. The zero-order valence-corrected chi connectivity index (χ0v) is 37.0. The van der Waals surface area contributed by atoms with Gasteiger partial charge >= 0.3 is 0 Å². The van der Waals surface area contributed by atoms with Crippen molar-refractivity contribution in [2.45, 2.75) is 99.1 Å². The van der Waals surface area contributed by atoms with Gasteiger partial charge in [-0.1, -0.05) is 122 Å². The Balaban J connectivity index is 0.000000399. The minimum absolute atomic E-state index is 0. The topological polar surface area (TPSA) is 77.6 Å². The molecule has 0 fully saturated rings. The minimum atomic E-state index is -2.77. The third kappa shape index (κ3) is 9.43. The van der Waals surface area contributed by atoms with Crippen molar-refractivity contribution in [3.05, 3.63) is 149 Å². The van der Waals surface area contributed by atoms with Crippen LogP contribution in [0.1, 0.15) is 111 Å². The van der Waals surface area contributed by atoms with Crippen molar-refractivity contribution >= 4 is 21.9 Å². The zero-order valence-electron chi connectivity index (χ0n) is 45.6. The van der Waals surface area contributed by atoms with Gasteiger partial charge in [-0.3, -0.25) is 0 Å². The quantitative estimate of drug-likeness (QED) is 0.164. The van der Waals surface area contributed by atoms with E-state index in [2.05, 4.69) is 63.6 Å². The van der Waals surface area contributed by atoms with Crippen LogP contribution in [-0.4, -0.2) is 24.9 Å². The van der Waals surface area contributed by atoms with E-state index in [1.54, 1.807) is 30.3 Å². The smallest absolute Gasteiger partial charge is 0.163 e. The van der Waals surface area contributed by atoms with E-state index in [1.165, 1.54) is 12.3 Å². The maximum atomic E-state index is 9.45. The Morgan fingerprint density at radius 2 is 1.39 bits per heavy atom. The largest absolute Gasteiger partial charge is 0.501 e. The minimum Gasteiger partial charge on any atom is -0.501 e. The standard InChI is InChI=1S/C40H43N4O.C12H10N.Ir/c1-23-19-26(38(3,4)5)16-18-27(23)31-21-32(41-22-24(31)2)30-14-12-13-29-28-17-15-25(20-33(28)45-34(29)30)35-42-36(39(6,7)8)44-37(43-35)40(9,10)11;1-10-7-8-12(13-9-10)11-5-3-2-4-6-11;/h12-13,15-22H,1-11H3;2-5,7-9H,1H3;/q2*-1;/i1D3,2D3,18D,21D;1D3;. The summed E-state index contributed by atoms with van der Waals surface area (Å²) < 4.78 is 96.9. The number of aromatic nitrogens is 5. The Hall–Kier alpha value is -5.36. The van der Waals surface area contributed by atoms with Crippen LogP contribution >= 0.6 is 0 Å². The number of furan rings is 1. The summed E-state index contributed by atoms with van der Waals surface area (Å²) in [7, 11) is 0. The Morgan fingerprint density at radius 1 is 0.644 bits per heavy atom. The summed E-state index contributed by atoms with van der Waals surface area (Å²) in [5.74, 6) is 1.85. The summed E-state index contributed by atoms with van der Waals surface area (Å²) in [6.07, 6.45) is 2.53. The van der Waals surface area contributed by atoms with E-state index < -0.39 is 26.0 Å². The molecule has 303 valence electrons. The Kier molecular flexibility index (Phi) is 8.68. The second kappa shape index (κ2) is 16.7. The van der Waals surface area contributed by atoms with Crippen LogP contribution in [0.25, 0.3) is 67.0 Å². The molecule has 0 amide bonds. The number of nitrogens with zero attached hydrogens (tertiary/aromatic N) is 5. The third-order valence-electron chi connectivity index (χ3n) is 9.55. The monoisotopic (exact) mass is 967 g/mol. The van der Waals surface area contributed by atoms with Gasteiger partial charge in [0.25, 0.3) is 0 Å². The molecule has 0 unspecified atom stereocenters. The summed E-state index contributed by atoms with van der Waals surface area (Å²) in [6.45, 7) is 10.5. The van der Waals surface area contributed by atoms with Gasteiger partial charge in [0.05, 0.1) is 8.32 Å². The second-order valence-electron chi connectivity index (χ2n) is 17.4. The van der Waals surface area contributed by atoms with Crippen molar-refractivity contribution in [1.29, 1.82) is 0 Å². The number of hydrogen-bond donors (Lipinski definition) is 0. The third-order valence-corrected chi connectivity index (χ3v) is 9.55. The predicted molar refractivity (Wildman–Crippen MR) is 239 cm³/mol. The number of pyridine rings is 2. The molecule has 0 saturated carbocycles. The van der Waals surface area contributed by atoms with E-state index in [-0.39, 0.29) is 76.5 Å². The molecule has 6 nitrogen and oxygen atoms in total. The van der Waals surface area contributed by atoms with E-state index >= 15 is 0 Å². The molecule has 7 heteroatoms. The molecule has 4 heterocycles. The molecule has 1 radical (unpaired) electrons.